The van der Waals surface area contributed by atoms with Gasteiger partial charge in [-0.2, -0.15) is 0 Å². The van der Waals surface area contributed by atoms with Gasteiger partial charge in [-0.1, -0.05) is 13.8 Å². The van der Waals surface area contributed by atoms with E-state index in [0.717, 1.165) is 0 Å². The SMILES string of the molecule is CCC1OC(OC2C(NC(=O)OC(C)(C)C)CC(NC(=O)C(O)CNC(=O)OC(C)(C)C)C(OC3OC(CO)C(O)C(N)C3O)C2O)C(C)CC1O. The van der Waals surface area contributed by atoms with Crippen molar-refractivity contribution in [3.63, 3.8) is 0 Å². The molecule has 3 rings (SSSR count). The van der Waals surface area contributed by atoms with Gasteiger partial charge in [0.15, 0.2) is 12.6 Å². The topological polar surface area (TPSA) is 290 Å². The van der Waals surface area contributed by atoms with Gasteiger partial charge in [0.05, 0.1) is 43.5 Å². The minimum atomic E-state index is -1.82. The van der Waals surface area contributed by atoms with E-state index >= 15 is 0 Å². The molecule has 3 amide bonds. The van der Waals surface area contributed by atoms with Crippen LogP contribution in [-0.2, 0) is 33.2 Å². The molecular formula is C33H60N4O15. The quantitative estimate of drug-likeness (QED) is 0.110. The lowest BCUT2D eigenvalue weighted by Gasteiger charge is -2.49. The van der Waals surface area contributed by atoms with E-state index in [4.69, 9.17) is 34.2 Å². The molecule has 2 heterocycles. The first-order chi connectivity index (χ1) is 24.0. The number of ether oxygens (including phenoxy) is 6. The van der Waals surface area contributed by atoms with Gasteiger partial charge in [0.1, 0.15) is 53.9 Å². The van der Waals surface area contributed by atoms with Crippen molar-refractivity contribution in [2.45, 2.75) is 171 Å². The Balaban J connectivity index is 1.96. The summed E-state index contributed by atoms with van der Waals surface area (Å²) in [6.07, 6.45) is -16.0. The second-order valence-electron chi connectivity index (χ2n) is 15.7. The molecule has 0 aromatic carbocycles. The van der Waals surface area contributed by atoms with Crippen LogP contribution in [0.15, 0.2) is 0 Å². The van der Waals surface area contributed by atoms with Crippen molar-refractivity contribution in [3.8, 4) is 0 Å². The number of rotatable bonds is 11. The van der Waals surface area contributed by atoms with Crippen molar-refractivity contribution < 1.29 is 73.4 Å². The van der Waals surface area contributed by atoms with E-state index in [-0.39, 0.29) is 12.3 Å². The maximum Gasteiger partial charge on any atom is 0.407 e. The molecule has 52 heavy (non-hydrogen) atoms. The average Bonchev–Trinajstić information content (AvgIpc) is 3.02. The molecule has 15 unspecified atom stereocenters. The number of carbonyl (C=O) groups is 3. The maximum atomic E-state index is 13.3. The van der Waals surface area contributed by atoms with Crippen LogP contribution in [0.25, 0.3) is 0 Å². The second-order valence-corrected chi connectivity index (χ2v) is 15.7. The van der Waals surface area contributed by atoms with E-state index in [1.54, 1.807) is 48.5 Å². The lowest BCUT2D eigenvalue weighted by atomic mass is 9.82. The van der Waals surface area contributed by atoms with Crippen LogP contribution in [0.2, 0.25) is 0 Å². The van der Waals surface area contributed by atoms with E-state index in [1.807, 2.05) is 6.92 Å². The van der Waals surface area contributed by atoms with Crippen LogP contribution in [0, 0.1) is 5.92 Å². The minimum absolute atomic E-state index is 0.217. The Morgan fingerprint density at radius 1 is 0.808 bits per heavy atom. The zero-order chi connectivity index (χ0) is 39.3. The fraction of sp³-hybridized carbons (Fsp3) is 0.909. The summed E-state index contributed by atoms with van der Waals surface area (Å²) in [5.41, 5.74) is 4.24. The van der Waals surface area contributed by atoms with Gasteiger partial charge < -0.3 is 80.7 Å². The summed E-state index contributed by atoms with van der Waals surface area (Å²) in [4.78, 5) is 38.6. The van der Waals surface area contributed by atoms with Crippen molar-refractivity contribution in [1.82, 2.24) is 16.0 Å². The molecule has 0 radical (unpaired) electrons. The van der Waals surface area contributed by atoms with Crippen LogP contribution in [0.1, 0.15) is 74.7 Å². The van der Waals surface area contributed by atoms with Crippen LogP contribution < -0.4 is 21.7 Å². The van der Waals surface area contributed by atoms with Gasteiger partial charge >= 0.3 is 12.2 Å². The van der Waals surface area contributed by atoms with Gasteiger partial charge in [-0.3, -0.25) is 4.79 Å². The Labute approximate surface area is 303 Å². The lowest BCUT2D eigenvalue weighted by molar-refractivity contribution is -0.319. The number of hydrogen-bond acceptors (Lipinski definition) is 16. The summed E-state index contributed by atoms with van der Waals surface area (Å²) < 4.78 is 34.7. The van der Waals surface area contributed by atoms with Gasteiger partial charge in [0.2, 0.25) is 0 Å². The van der Waals surface area contributed by atoms with E-state index in [2.05, 4.69) is 16.0 Å². The Kier molecular flexibility index (Phi) is 15.4. The van der Waals surface area contributed by atoms with E-state index in [9.17, 15) is 45.0 Å². The normalized spacial score (nSPS) is 37.8. The highest BCUT2D eigenvalue weighted by molar-refractivity contribution is 5.82. The number of alkyl carbamates (subject to hydrolysis) is 2. The average molecular weight is 753 g/mol. The van der Waals surface area contributed by atoms with Crippen molar-refractivity contribution in [2.75, 3.05) is 13.2 Å². The number of aliphatic hydroxyl groups is 6. The molecule has 3 aliphatic rings. The molecule has 2 aliphatic heterocycles. The molecule has 0 aromatic rings. The number of aliphatic hydroxyl groups excluding tert-OH is 6. The highest BCUT2D eigenvalue weighted by Crippen LogP contribution is 2.34. The molecule has 1 aliphatic carbocycles. The van der Waals surface area contributed by atoms with Crippen LogP contribution in [0.3, 0.4) is 0 Å². The summed E-state index contributed by atoms with van der Waals surface area (Å²) in [5.74, 6) is -1.38. The smallest absolute Gasteiger partial charge is 0.407 e. The first kappa shape index (κ1) is 44.0. The van der Waals surface area contributed by atoms with Crippen molar-refractivity contribution >= 4 is 18.1 Å². The van der Waals surface area contributed by atoms with Crippen molar-refractivity contribution in [2.24, 2.45) is 11.7 Å². The van der Waals surface area contributed by atoms with Crippen molar-refractivity contribution in [1.29, 1.82) is 0 Å². The number of nitrogens with one attached hydrogen (secondary N) is 3. The van der Waals surface area contributed by atoms with Gasteiger partial charge in [-0.05, 0) is 60.8 Å². The van der Waals surface area contributed by atoms with Crippen LogP contribution in [-0.4, -0.2) is 159 Å². The number of nitrogens with two attached hydrogens (primary N) is 1. The molecule has 2 saturated heterocycles. The molecule has 302 valence electrons. The summed E-state index contributed by atoms with van der Waals surface area (Å²) in [5, 5.41) is 71.8. The first-order valence-corrected chi connectivity index (χ1v) is 17.7. The van der Waals surface area contributed by atoms with Gasteiger partial charge in [-0.15, -0.1) is 0 Å². The predicted octanol–water partition coefficient (Wildman–Crippen LogP) is -1.93. The molecule has 19 nitrogen and oxygen atoms in total. The molecule has 11 N–H and O–H groups in total. The van der Waals surface area contributed by atoms with Gasteiger partial charge in [0, 0.05) is 5.92 Å². The van der Waals surface area contributed by atoms with Crippen LogP contribution >= 0.6 is 0 Å². The Bertz CT molecular complexity index is 1180. The Hall–Kier alpha value is -2.43. The maximum absolute atomic E-state index is 13.3. The predicted molar refractivity (Wildman–Crippen MR) is 180 cm³/mol. The molecule has 0 spiro atoms. The van der Waals surface area contributed by atoms with Crippen LogP contribution in [0.5, 0.6) is 0 Å². The zero-order valence-corrected chi connectivity index (χ0v) is 31.1. The second kappa shape index (κ2) is 18.3. The summed E-state index contributed by atoms with van der Waals surface area (Å²) in [6.45, 7) is 12.2. The van der Waals surface area contributed by atoms with Gasteiger partial charge in [0.25, 0.3) is 5.91 Å². The minimum Gasteiger partial charge on any atom is -0.444 e. The summed E-state index contributed by atoms with van der Waals surface area (Å²) in [7, 11) is 0. The van der Waals surface area contributed by atoms with Crippen molar-refractivity contribution in [3.05, 3.63) is 0 Å². The third kappa shape index (κ3) is 12.0. The van der Waals surface area contributed by atoms with E-state index in [0.29, 0.717) is 12.8 Å². The number of hydrogen-bond donors (Lipinski definition) is 10. The molecule has 0 bridgehead atoms. The first-order valence-electron chi connectivity index (χ1n) is 17.7. The number of carbonyl (C=O) groups excluding carboxylic acids is 3. The summed E-state index contributed by atoms with van der Waals surface area (Å²) in [6, 6.07) is -3.69. The Morgan fingerprint density at radius 3 is 1.90 bits per heavy atom. The molecular weight excluding hydrogens is 692 g/mol. The summed E-state index contributed by atoms with van der Waals surface area (Å²) >= 11 is 0. The standard InChI is InChI=1S/C33H60N4O15/c1-9-19-17(39)10-14(2)28(47-19)49-26-16(37-31(46)52-33(6,7)8)11-15(36-27(44)18(40)12-35-30(45)51-32(3,4)5)25(24(26)43)50-29-23(42)21(34)22(41)20(13-38)48-29/h14-26,28-29,38-43H,9-13,34H2,1-8H3,(H,35,45)(H,36,44)(H,37,46). The molecule has 3 fully saturated rings. The Morgan fingerprint density at radius 2 is 1.35 bits per heavy atom. The van der Waals surface area contributed by atoms with Gasteiger partial charge in [-0.25, -0.2) is 9.59 Å². The zero-order valence-electron chi connectivity index (χ0n) is 31.1. The lowest BCUT2D eigenvalue weighted by Crippen LogP contribution is -2.69. The van der Waals surface area contributed by atoms with Crippen LogP contribution in [0.4, 0.5) is 9.59 Å². The van der Waals surface area contributed by atoms with E-state index < -0.39 is 128 Å². The number of amides is 3. The molecule has 0 aromatic heterocycles. The van der Waals surface area contributed by atoms with E-state index in [1.165, 1.54) is 0 Å². The third-order valence-electron chi connectivity index (χ3n) is 8.88. The highest BCUT2D eigenvalue weighted by Gasteiger charge is 2.52. The monoisotopic (exact) mass is 752 g/mol. The third-order valence-corrected chi connectivity index (χ3v) is 8.88. The molecule has 19 heteroatoms. The fourth-order valence-electron chi connectivity index (χ4n) is 6.28. The molecule has 1 saturated carbocycles. The largest absolute Gasteiger partial charge is 0.444 e. The fourth-order valence-corrected chi connectivity index (χ4v) is 6.28. The molecule has 15 atom stereocenters. The highest BCUT2D eigenvalue weighted by atomic mass is 16.7.